The van der Waals surface area contributed by atoms with Gasteiger partial charge in [-0.25, -0.2) is 0 Å². The van der Waals surface area contributed by atoms with E-state index >= 15 is 0 Å². The normalized spacial score (nSPS) is 33.8. The Hall–Kier alpha value is -1.66. The van der Waals surface area contributed by atoms with E-state index < -0.39 is 17.5 Å². The van der Waals surface area contributed by atoms with Crippen molar-refractivity contribution in [1.82, 2.24) is 0 Å². The molecule has 0 amide bonds. The number of fused-ring (bicyclic) bond motifs is 1. The number of carboxylic acids is 1. The fraction of sp³-hybridized carbons (Fsp3) is 0.739. The number of aliphatic hydroxyl groups excluding tert-OH is 2. The van der Waals surface area contributed by atoms with E-state index in [1.807, 2.05) is 0 Å². The number of aliphatic hydroxyl groups is 2. The molecule has 1 heterocycles. The number of rotatable bonds is 4. The summed E-state index contributed by atoms with van der Waals surface area (Å²) in [6, 6.07) is 0. The lowest BCUT2D eigenvalue weighted by Crippen LogP contribution is -2.41. The highest BCUT2D eigenvalue weighted by Crippen LogP contribution is 2.46. The molecule has 6 nitrogen and oxygen atoms in total. The van der Waals surface area contributed by atoms with Crippen LogP contribution in [0.3, 0.4) is 0 Å². The predicted octanol–water partition coefficient (Wildman–Crippen LogP) is 3.33. The summed E-state index contributed by atoms with van der Waals surface area (Å²) in [5, 5.41) is 28.0. The van der Waals surface area contributed by atoms with Gasteiger partial charge >= 0.3 is 11.9 Å². The highest BCUT2D eigenvalue weighted by molar-refractivity contribution is 5.74. The third-order valence-electron chi connectivity index (χ3n) is 6.95. The summed E-state index contributed by atoms with van der Waals surface area (Å²) < 4.78 is 4.55. The van der Waals surface area contributed by atoms with Crippen LogP contribution in [0, 0.1) is 29.1 Å². The molecule has 0 saturated carbocycles. The van der Waals surface area contributed by atoms with Crippen LogP contribution in [-0.4, -0.2) is 46.6 Å². The Morgan fingerprint density at radius 3 is 2.59 bits per heavy atom. The van der Waals surface area contributed by atoms with Crippen LogP contribution in [0.2, 0.25) is 0 Å². The SMILES string of the molecule is CCC1C(C)C=CC2=CCCC(C(C)(CO)C(=O)O)CC21.O=C1CC(O)CCO1. The first-order valence-corrected chi connectivity index (χ1v) is 10.8. The molecule has 0 aromatic carbocycles. The van der Waals surface area contributed by atoms with E-state index in [0.717, 1.165) is 25.7 Å². The predicted molar refractivity (Wildman–Crippen MR) is 110 cm³/mol. The molecule has 3 N–H and O–H groups in total. The van der Waals surface area contributed by atoms with Gasteiger partial charge in [-0.15, -0.1) is 0 Å². The van der Waals surface area contributed by atoms with Crippen molar-refractivity contribution in [3.8, 4) is 0 Å². The maximum absolute atomic E-state index is 11.6. The van der Waals surface area contributed by atoms with Gasteiger partial charge in [0.1, 0.15) is 0 Å². The van der Waals surface area contributed by atoms with Gasteiger partial charge in [-0.05, 0) is 55.4 Å². The summed E-state index contributed by atoms with van der Waals surface area (Å²) in [5.41, 5.74) is 0.361. The van der Waals surface area contributed by atoms with Crippen LogP contribution in [-0.2, 0) is 14.3 Å². The van der Waals surface area contributed by atoms with Crippen LogP contribution < -0.4 is 0 Å². The molecule has 0 spiro atoms. The van der Waals surface area contributed by atoms with Gasteiger partial charge in [-0.2, -0.15) is 0 Å². The summed E-state index contributed by atoms with van der Waals surface area (Å²) in [4.78, 5) is 21.9. The lowest BCUT2D eigenvalue weighted by atomic mass is 9.65. The van der Waals surface area contributed by atoms with E-state index in [1.54, 1.807) is 6.92 Å². The summed E-state index contributed by atoms with van der Waals surface area (Å²) in [7, 11) is 0. The van der Waals surface area contributed by atoms with Crippen LogP contribution in [0.1, 0.15) is 59.3 Å². The van der Waals surface area contributed by atoms with Crippen LogP contribution in [0.5, 0.6) is 0 Å². The van der Waals surface area contributed by atoms with Gasteiger partial charge in [0.15, 0.2) is 0 Å². The highest BCUT2D eigenvalue weighted by Gasteiger charge is 2.44. The van der Waals surface area contributed by atoms with Gasteiger partial charge in [0.2, 0.25) is 0 Å². The molecule has 3 aliphatic rings. The molecule has 164 valence electrons. The molecule has 1 aliphatic heterocycles. The van der Waals surface area contributed by atoms with E-state index in [2.05, 4.69) is 36.8 Å². The minimum Gasteiger partial charge on any atom is -0.481 e. The number of hydrogen-bond donors (Lipinski definition) is 3. The molecule has 2 aliphatic carbocycles. The van der Waals surface area contributed by atoms with Crippen molar-refractivity contribution < 1.29 is 29.6 Å². The molecule has 29 heavy (non-hydrogen) atoms. The molecule has 1 saturated heterocycles. The highest BCUT2D eigenvalue weighted by atomic mass is 16.5. The second-order valence-electron chi connectivity index (χ2n) is 8.86. The number of carbonyl (C=O) groups is 2. The maximum Gasteiger partial charge on any atom is 0.311 e. The lowest BCUT2D eigenvalue weighted by Gasteiger charge is -2.39. The molecule has 6 atom stereocenters. The first-order valence-electron chi connectivity index (χ1n) is 10.8. The Bertz CT molecular complexity index is 639. The zero-order valence-corrected chi connectivity index (χ0v) is 17.8. The zero-order valence-electron chi connectivity index (χ0n) is 17.8. The van der Waals surface area contributed by atoms with Crippen molar-refractivity contribution in [3.05, 3.63) is 23.8 Å². The smallest absolute Gasteiger partial charge is 0.311 e. The Balaban J connectivity index is 0.000000313. The molecule has 1 fully saturated rings. The molecule has 0 bridgehead atoms. The Morgan fingerprint density at radius 2 is 2.07 bits per heavy atom. The van der Waals surface area contributed by atoms with E-state index in [-0.39, 0.29) is 24.9 Å². The van der Waals surface area contributed by atoms with Gasteiger partial charge < -0.3 is 20.1 Å². The van der Waals surface area contributed by atoms with Crippen molar-refractivity contribution in [2.75, 3.05) is 13.2 Å². The second kappa shape index (κ2) is 10.4. The number of aliphatic carboxylic acids is 1. The van der Waals surface area contributed by atoms with Crippen molar-refractivity contribution in [2.24, 2.45) is 29.1 Å². The number of carbonyl (C=O) groups excluding carboxylic acids is 1. The Kier molecular flexibility index (Phi) is 8.46. The van der Waals surface area contributed by atoms with Crippen LogP contribution >= 0.6 is 0 Å². The fourth-order valence-electron chi connectivity index (χ4n) is 4.82. The first-order chi connectivity index (χ1) is 13.7. The average Bonchev–Trinajstić information content (AvgIpc) is 2.90. The summed E-state index contributed by atoms with van der Waals surface area (Å²) in [5.74, 6) is 0.438. The van der Waals surface area contributed by atoms with E-state index in [0.29, 0.717) is 30.8 Å². The van der Waals surface area contributed by atoms with Gasteiger partial charge in [-0.3, -0.25) is 9.59 Å². The molecular weight excluding hydrogens is 372 g/mol. The van der Waals surface area contributed by atoms with Gasteiger partial charge in [0.05, 0.1) is 31.2 Å². The zero-order chi connectivity index (χ0) is 21.6. The lowest BCUT2D eigenvalue weighted by molar-refractivity contribution is -0.155. The van der Waals surface area contributed by atoms with E-state index in [9.17, 15) is 19.8 Å². The second-order valence-corrected chi connectivity index (χ2v) is 8.86. The van der Waals surface area contributed by atoms with Crippen molar-refractivity contribution >= 4 is 11.9 Å². The maximum atomic E-state index is 11.6. The summed E-state index contributed by atoms with van der Waals surface area (Å²) in [6.07, 6.45) is 10.9. The van der Waals surface area contributed by atoms with Gasteiger partial charge in [0.25, 0.3) is 0 Å². The monoisotopic (exact) mass is 408 g/mol. The van der Waals surface area contributed by atoms with Crippen molar-refractivity contribution in [1.29, 1.82) is 0 Å². The molecule has 6 heteroatoms. The standard InChI is InChI=1S/C18H28O3.C5H8O3/c1-4-15-12(2)8-9-13-6-5-7-14(10-16(13)15)18(3,11-19)17(20)21;6-4-1-2-8-5(7)3-4/h6,8-9,12,14-16,19H,4-5,7,10-11H2,1-3H3,(H,20,21);4,6H,1-3H2. The van der Waals surface area contributed by atoms with Crippen molar-refractivity contribution in [2.45, 2.75) is 65.4 Å². The minimum atomic E-state index is -1.02. The Morgan fingerprint density at radius 1 is 1.34 bits per heavy atom. The number of carboxylic acid groups (broad SMARTS) is 1. The molecule has 3 rings (SSSR count). The van der Waals surface area contributed by atoms with Crippen LogP contribution in [0.25, 0.3) is 0 Å². The topological polar surface area (TPSA) is 104 Å². The van der Waals surface area contributed by atoms with Crippen LogP contribution in [0.4, 0.5) is 0 Å². The molecular formula is C23H36O6. The van der Waals surface area contributed by atoms with Crippen molar-refractivity contribution in [3.63, 3.8) is 0 Å². The molecule has 0 radical (unpaired) electrons. The number of esters is 1. The van der Waals surface area contributed by atoms with Gasteiger partial charge in [0, 0.05) is 6.42 Å². The number of cyclic esters (lactones) is 1. The average molecular weight is 409 g/mol. The number of ether oxygens (including phenoxy) is 1. The molecule has 0 aromatic heterocycles. The fourth-order valence-corrected chi connectivity index (χ4v) is 4.82. The third kappa shape index (κ3) is 5.70. The summed E-state index contributed by atoms with van der Waals surface area (Å²) in [6.45, 7) is 6.27. The van der Waals surface area contributed by atoms with Crippen LogP contribution in [0.15, 0.2) is 23.8 Å². The first kappa shape index (κ1) is 23.6. The molecule has 6 unspecified atom stereocenters. The molecule has 0 aromatic rings. The largest absolute Gasteiger partial charge is 0.481 e. The number of allylic oxidation sites excluding steroid dienone is 4. The Labute approximate surface area is 173 Å². The minimum absolute atomic E-state index is 0.0338. The van der Waals surface area contributed by atoms with E-state index in [4.69, 9.17) is 5.11 Å². The quantitative estimate of drug-likeness (QED) is 0.617. The van der Waals surface area contributed by atoms with Gasteiger partial charge in [-0.1, -0.05) is 38.5 Å². The number of hydrogen-bond acceptors (Lipinski definition) is 5. The third-order valence-corrected chi connectivity index (χ3v) is 6.95. The van der Waals surface area contributed by atoms with E-state index in [1.165, 1.54) is 5.57 Å². The summed E-state index contributed by atoms with van der Waals surface area (Å²) >= 11 is 0.